The quantitative estimate of drug-likeness (QED) is 0.588. The number of ether oxygens (including phenoxy) is 1. The molecule has 1 unspecified atom stereocenters. The summed E-state index contributed by atoms with van der Waals surface area (Å²) in [6.07, 6.45) is 0. The van der Waals surface area contributed by atoms with Gasteiger partial charge in [0.25, 0.3) is 0 Å². The van der Waals surface area contributed by atoms with E-state index in [0.29, 0.717) is 5.25 Å². The van der Waals surface area contributed by atoms with Gasteiger partial charge in [0.05, 0.1) is 6.00 Å². The minimum Gasteiger partial charge on any atom is -0.500 e. The van der Waals surface area contributed by atoms with E-state index in [-0.39, 0.29) is 11.4 Å². The first kappa shape index (κ1) is 15.5. The van der Waals surface area contributed by atoms with Gasteiger partial charge >= 0.3 is 0 Å². The molecule has 0 spiro atoms. The van der Waals surface area contributed by atoms with Crippen LogP contribution in [-0.4, -0.2) is 19.1 Å². The predicted octanol–water partition coefficient (Wildman–Crippen LogP) is 4.38. The number of hydrogen-bond donors (Lipinski definition) is 0. The summed E-state index contributed by atoms with van der Waals surface area (Å²) in [6.45, 7) is 12.8. The summed E-state index contributed by atoms with van der Waals surface area (Å²) >= 11 is 1.87. The number of hydrogen-bond acceptors (Lipinski definition) is 2. The molecule has 0 heterocycles. The Morgan fingerprint density at radius 1 is 1.17 bits per heavy atom. The summed E-state index contributed by atoms with van der Waals surface area (Å²) in [5.41, 5.74) is 1.27. The fraction of sp³-hybridized carbons (Fsp3) is 0.600. The zero-order valence-electron chi connectivity index (χ0n) is 12.3. The highest BCUT2D eigenvalue weighted by Gasteiger charge is 2.20. The summed E-state index contributed by atoms with van der Waals surface area (Å²) in [6, 6.07) is 6.09. The molecule has 18 heavy (non-hydrogen) atoms. The van der Waals surface area contributed by atoms with Gasteiger partial charge in [0, 0.05) is 15.7 Å². The van der Waals surface area contributed by atoms with Crippen molar-refractivity contribution in [2.45, 2.75) is 63.1 Å². The van der Waals surface area contributed by atoms with Crippen LogP contribution in [0.3, 0.4) is 0 Å². The van der Waals surface area contributed by atoms with Crippen LogP contribution in [0.25, 0.3) is 0 Å². The second kappa shape index (κ2) is 6.05. The lowest BCUT2D eigenvalue weighted by Gasteiger charge is -2.25. The second-order valence-corrected chi connectivity index (χ2v) is 7.55. The number of benzene rings is 1. The van der Waals surface area contributed by atoms with Gasteiger partial charge in [-0.3, -0.25) is 0 Å². The fourth-order valence-electron chi connectivity index (χ4n) is 1.74. The molecule has 0 aliphatic carbocycles. The highest BCUT2D eigenvalue weighted by molar-refractivity contribution is 7.99. The Kier molecular flexibility index (Phi) is 5.21. The molecule has 0 aliphatic rings. The zero-order valence-corrected chi connectivity index (χ0v) is 13.1. The van der Waals surface area contributed by atoms with Gasteiger partial charge in [0.1, 0.15) is 13.6 Å². The van der Waals surface area contributed by atoms with Crippen LogP contribution in [-0.2, 0) is 5.41 Å². The molecule has 0 bridgehead atoms. The number of thioether (sulfide) groups is 1. The van der Waals surface area contributed by atoms with Crippen molar-refractivity contribution in [1.82, 2.24) is 0 Å². The van der Waals surface area contributed by atoms with E-state index in [4.69, 9.17) is 12.6 Å². The Labute approximate surface area is 117 Å². The monoisotopic (exact) mass is 262 g/mol. The largest absolute Gasteiger partial charge is 0.500 e. The van der Waals surface area contributed by atoms with Crippen LogP contribution in [0, 0.1) is 0 Å². The molecular weight excluding hydrogens is 239 g/mol. The van der Waals surface area contributed by atoms with Crippen LogP contribution in [0.1, 0.15) is 47.1 Å². The first-order chi connectivity index (χ1) is 8.20. The molecule has 98 valence electrons. The van der Waals surface area contributed by atoms with E-state index in [1.165, 1.54) is 10.5 Å². The lowest BCUT2D eigenvalue weighted by atomic mass is 9.86. The van der Waals surface area contributed by atoms with Crippen molar-refractivity contribution in [1.29, 1.82) is 0 Å². The smallest absolute Gasteiger partial charge is 0.126 e. The van der Waals surface area contributed by atoms with Gasteiger partial charge in [-0.2, -0.15) is 0 Å². The van der Waals surface area contributed by atoms with Gasteiger partial charge in [0.15, 0.2) is 0 Å². The maximum Gasteiger partial charge on any atom is 0.126 e. The van der Waals surface area contributed by atoms with E-state index >= 15 is 0 Å². The maximum absolute atomic E-state index is 5.73. The zero-order chi connectivity index (χ0) is 13.9. The van der Waals surface area contributed by atoms with E-state index in [1.54, 1.807) is 0 Å². The lowest BCUT2D eigenvalue weighted by molar-refractivity contribution is 0.292. The fourth-order valence-corrected chi connectivity index (χ4v) is 2.62. The van der Waals surface area contributed by atoms with Crippen LogP contribution in [0.4, 0.5) is 0 Å². The van der Waals surface area contributed by atoms with Crippen molar-refractivity contribution in [2.75, 3.05) is 0 Å². The van der Waals surface area contributed by atoms with Crippen molar-refractivity contribution in [3.8, 4) is 5.75 Å². The van der Waals surface area contributed by atoms with Crippen LogP contribution in [0.15, 0.2) is 23.1 Å². The standard InChI is InChI=1S/C15H23BOS/c1-10(2)18-12-7-8-14(17-11(3)16)13(9-12)15(4,5)6/h7-11H,1-6H3. The molecule has 0 aromatic heterocycles. The molecule has 0 saturated carbocycles. The SMILES string of the molecule is [B]C(C)Oc1ccc(SC(C)C)cc1C(C)(C)C. The summed E-state index contributed by atoms with van der Waals surface area (Å²) in [5.74, 6) is 0.894. The third-order valence-electron chi connectivity index (χ3n) is 2.44. The summed E-state index contributed by atoms with van der Waals surface area (Å²) in [7, 11) is 5.73. The van der Waals surface area contributed by atoms with Crippen molar-refractivity contribution in [2.24, 2.45) is 0 Å². The van der Waals surface area contributed by atoms with Crippen LogP contribution < -0.4 is 4.74 Å². The Balaban J connectivity index is 3.12. The molecule has 1 rings (SSSR count). The Morgan fingerprint density at radius 3 is 2.22 bits per heavy atom. The molecule has 1 nitrogen and oxygen atoms in total. The van der Waals surface area contributed by atoms with E-state index < -0.39 is 0 Å². The molecule has 1 aromatic carbocycles. The first-order valence-electron chi connectivity index (χ1n) is 6.43. The van der Waals surface area contributed by atoms with E-state index in [0.717, 1.165) is 5.75 Å². The second-order valence-electron chi connectivity index (χ2n) is 5.90. The molecule has 3 heteroatoms. The average molecular weight is 262 g/mol. The van der Waals surface area contributed by atoms with E-state index in [1.807, 2.05) is 24.8 Å². The van der Waals surface area contributed by atoms with Gasteiger partial charge in [-0.05, 0) is 30.5 Å². The Morgan fingerprint density at radius 2 is 1.78 bits per heavy atom. The Bertz CT molecular complexity index is 394. The number of rotatable bonds is 4. The predicted molar refractivity (Wildman–Crippen MR) is 82.0 cm³/mol. The normalized spacial score (nSPS) is 13.7. The average Bonchev–Trinajstić information content (AvgIpc) is 2.17. The van der Waals surface area contributed by atoms with Gasteiger partial charge in [-0.1, -0.05) is 34.6 Å². The molecule has 2 radical (unpaired) electrons. The van der Waals surface area contributed by atoms with Crippen molar-refractivity contribution >= 4 is 19.6 Å². The molecule has 0 amide bonds. The molecule has 0 N–H and O–H groups in total. The van der Waals surface area contributed by atoms with Crippen LogP contribution in [0.2, 0.25) is 0 Å². The van der Waals surface area contributed by atoms with Crippen molar-refractivity contribution < 1.29 is 4.74 Å². The minimum absolute atomic E-state index is 0.0533. The van der Waals surface area contributed by atoms with Gasteiger partial charge in [0.2, 0.25) is 0 Å². The highest BCUT2D eigenvalue weighted by Crippen LogP contribution is 2.36. The topological polar surface area (TPSA) is 9.23 Å². The van der Waals surface area contributed by atoms with Gasteiger partial charge in [-0.25, -0.2) is 0 Å². The first-order valence-corrected chi connectivity index (χ1v) is 7.31. The van der Waals surface area contributed by atoms with Gasteiger partial charge < -0.3 is 4.74 Å². The molecular formula is C15H23BOS. The molecule has 0 fully saturated rings. The van der Waals surface area contributed by atoms with Gasteiger partial charge in [-0.15, -0.1) is 11.8 Å². The molecule has 0 aliphatic heterocycles. The highest BCUT2D eigenvalue weighted by atomic mass is 32.2. The third-order valence-corrected chi connectivity index (χ3v) is 3.44. The molecule has 1 atom stereocenters. The lowest BCUT2D eigenvalue weighted by Crippen LogP contribution is -2.17. The van der Waals surface area contributed by atoms with E-state index in [9.17, 15) is 0 Å². The van der Waals surface area contributed by atoms with Crippen molar-refractivity contribution in [3.05, 3.63) is 23.8 Å². The third kappa shape index (κ3) is 4.60. The molecule has 1 aromatic rings. The molecule has 0 saturated heterocycles. The summed E-state index contributed by atoms with van der Waals surface area (Å²) in [5, 5.41) is 0.581. The Hall–Kier alpha value is -0.565. The maximum atomic E-state index is 5.73. The van der Waals surface area contributed by atoms with Crippen LogP contribution >= 0.6 is 11.8 Å². The minimum atomic E-state index is -0.283. The summed E-state index contributed by atoms with van der Waals surface area (Å²) < 4.78 is 5.70. The summed E-state index contributed by atoms with van der Waals surface area (Å²) in [4.78, 5) is 1.28. The van der Waals surface area contributed by atoms with E-state index in [2.05, 4.69) is 46.8 Å². The van der Waals surface area contributed by atoms with Crippen LogP contribution in [0.5, 0.6) is 5.75 Å². The van der Waals surface area contributed by atoms with Crippen molar-refractivity contribution in [3.63, 3.8) is 0 Å².